The topological polar surface area (TPSA) is 40.5 Å². The maximum Gasteiger partial charge on any atom is 0.116 e. The average Bonchev–Trinajstić information content (AvgIpc) is 2.98. The first kappa shape index (κ1) is 20.5. The van der Waals surface area contributed by atoms with E-state index in [9.17, 15) is 0 Å². The van der Waals surface area contributed by atoms with E-state index in [0.29, 0.717) is 0 Å². The standard InChI is InChI=1S/C15H14.C10H8O2.C2H6/c1-15(2)13-9-5-3-7-11(13)12-8-4-6-10-14(12)15;11-9-3-1-7-2-4-10(12)6-8(7)5-9;1-2/h3-10H,1-2H3;1-6,11-12H;1-2H3. The van der Waals surface area contributed by atoms with E-state index in [2.05, 4.69) is 62.4 Å². The molecule has 0 aromatic heterocycles. The SMILES string of the molecule is CC.CC1(C)c2ccccc2-c2ccccc21.Oc1ccc2ccc(O)cc2c1. The quantitative estimate of drug-likeness (QED) is 0.335. The number of rotatable bonds is 0. The lowest BCUT2D eigenvalue weighted by atomic mass is 9.82. The first-order valence-corrected chi connectivity index (χ1v) is 10.1. The van der Waals surface area contributed by atoms with Crippen LogP contribution in [0.5, 0.6) is 11.5 Å². The Hall–Kier alpha value is -3.26. The third-order valence-electron chi connectivity index (χ3n) is 5.30. The number of phenolic OH excluding ortho intramolecular Hbond substituents is 2. The van der Waals surface area contributed by atoms with E-state index in [1.807, 2.05) is 26.0 Å². The average molecular weight is 385 g/mol. The molecule has 2 nitrogen and oxygen atoms in total. The summed E-state index contributed by atoms with van der Waals surface area (Å²) in [6.45, 7) is 8.61. The Bertz CT molecular complexity index is 1040. The predicted octanol–water partition coefficient (Wildman–Crippen LogP) is 7.27. The van der Waals surface area contributed by atoms with Crippen molar-refractivity contribution in [3.8, 4) is 22.6 Å². The zero-order chi connectivity index (χ0) is 21.0. The second kappa shape index (κ2) is 8.40. The van der Waals surface area contributed by atoms with Crippen LogP contribution in [0.2, 0.25) is 0 Å². The van der Waals surface area contributed by atoms with E-state index in [1.54, 1.807) is 24.3 Å². The van der Waals surface area contributed by atoms with Gasteiger partial charge in [-0.05, 0) is 57.3 Å². The molecule has 2 heteroatoms. The van der Waals surface area contributed by atoms with Gasteiger partial charge in [0.25, 0.3) is 0 Å². The molecule has 29 heavy (non-hydrogen) atoms. The first-order chi connectivity index (χ1) is 14.0. The van der Waals surface area contributed by atoms with Gasteiger partial charge in [0, 0.05) is 5.41 Å². The number of fused-ring (bicyclic) bond motifs is 4. The van der Waals surface area contributed by atoms with Crippen molar-refractivity contribution >= 4 is 10.8 Å². The van der Waals surface area contributed by atoms with Gasteiger partial charge in [0.05, 0.1) is 0 Å². The molecule has 0 fully saturated rings. The highest BCUT2D eigenvalue weighted by Crippen LogP contribution is 2.47. The van der Waals surface area contributed by atoms with Gasteiger partial charge < -0.3 is 10.2 Å². The van der Waals surface area contributed by atoms with Crippen molar-refractivity contribution in [2.24, 2.45) is 0 Å². The van der Waals surface area contributed by atoms with Crippen LogP contribution in [0.3, 0.4) is 0 Å². The number of hydrogen-bond donors (Lipinski definition) is 2. The molecule has 1 aliphatic carbocycles. The summed E-state index contributed by atoms with van der Waals surface area (Å²) in [5.41, 5.74) is 5.86. The fourth-order valence-corrected chi connectivity index (χ4v) is 3.89. The van der Waals surface area contributed by atoms with Crippen LogP contribution in [0.25, 0.3) is 21.9 Å². The van der Waals surface area contributed by atoms with Gasteiger partial charge in [-0.2, -0.15) is 0 Å². The van der Waals surface area contributed by atoms with Crippen molar-refractivity contribution in [1.29, 1.82) is 0 Å². The monoisotopic (exact) mass is 384 g/mol. The number of hydrogen-bond acceptors (Lipinski definition) is 2. The van der Waals surface area contributed by atoms with Gasteiger partial charge in [-0.1, -0.05) is 88.4 Å². The van der Waals surface area contributed by atoms with Crippen LogP contribution < -0.4 is 0 Å². The lowest BCUT2D eigenvalue weighted by Crippen LogP contribution is -2.14. The minimum absolute atomic E-state index is 0.160. The molecule has 148 valence electrons. The van der Waals surface area contributed by atoms with E-state index in [1.165, 1.54) is 22.3 Å². The summed E-state index contributed by atoms with van der Waals surface area (Å²) in [6, 6.07) is 27.6. The zero-order valence-electron chi connectivity index (χ0n) is 17.5. The summed E-state index contributed by atoms with van der Waals surface area (Å²) >= 11 is 0. The molecule has 4 aromatic rings. The molecule has 0 heterocycles. The second-order valence-electron chi connectivity index (χ2n) is 7.43. The van der Waals surface area contributed by atoms with Gasteiger partial charge in [-0.3, -0.25) is 0 Å². The largest absolute Gasteiger partial charge is 0.508 e. The van der Waals surface area contributed by atoms with Crippen molar-refractivity contribution in [3.63, 3.8) is 0 Å². The van der Waals surface area contributed by atoms with Crippen molar-refractivity contribution in [1.82, 2.24) is 0 Å². The summed E-state index contributed by atoms with van der Waals surface area (Å²) in [6.07, 6.45) is 0. The summed E-state index contributed by atoms with van der Waals surface area (Å²) in [7, 11) is 0. The zero-order valence-corrected chi connectivity index (χ0v) is 17.5. The molecule has 1 aliphatic rings. The highest BCUT2D eigenvalue weighted by atomic mass is 16.3. The molecule has 0 saturated heterocycles. The fraction of sp³-hybridized carbons (Fsp3) is 0.185. The van der Waals surface area contributed by atoms with Crippen LogP contribution >= 0.6 is 0 Å². The highest BCUT2D eigenvalue weighted by Gasteiger charge is 2.34. The Morgan fingerprint density at radius 2 is 0.966 bits per heavy atom. The molecular formula is C27H28O2. The highest BCUT2D eigenvalue weighted by molar-refractivity contribution is 5.85. The maximum atomic E-state index is 9.14. The van der Waals surface area contributed by atoms with E-state index in [0.717, 1.165) is 10.8 Å². The molecule has 0 unspecified atom stereocenters. The smallest absolute Gasteiger partial charge is 0.116 e. The van der Waals surface area contributed by atoms with E-state index >= 15 is 0 Å². The fourth-order valence-electron chi connectivity index (χ4n) is 3.89. The second-order valence-corrected chi connectivity index (χ2v) is 7.43. The lowest BCUT2D eigenvalue weighted by Gasteiger charge is -2.20. The molecular weight excluding hydrogens is 356 g/mol. The van der Waals surface area contributed by atoms with E-state index in [-0.39, 0.29) is 16.9 Å². The van der Waals surface area contributed by atoms with Crippen molar-refractivity contribution in [2.75, 3.05) is 0 Å². The Labute approximate surface area is 173 Å². The minimum Gasteiger partial charge on any atom is -0.508 e. The third kappa shape index (κ3) is 3.97. The first-order valence-electron chi connectivity index (χ1n) is 10.1. The lowest BCUT2D eigenvalue weighted by molar-refractivity contribution is 0.474. The van der Waals surface area contributed by atoms with Gasteiger partial charge in [-0.25, -0.2) is 0 Å². The molecule has 0 saturated carbocycles. The number of benzene rings is 4. The van der Waals surface area contributed by atoms with Gasteiger partial charge in [0.2, 0.25) is 0 Å². The molecule has 0 aliphatic heterocycles. The molecule has 0 atom stereocenters. The summed E-state index contributed by atoms with van der Waals surface area (Å²) in [5, 5.41) is 20.1. The van der Waals surface area contributed by atoms with Crippen LogP contribution in [-0.2, 0) is 5.41 Å². The molecule has 2 N–H and O–H groups in total. The third-order valence-corrected chi connectivity index (χ3v) is 5.30. The Morgan fingerprint density at radius 1 is 0.552 bits per heavy atom. The van der Waals surface area contributed by atoms with Crippen molar-refractivity contribution < 1.29 is 10.2 Å². The van der Waals surface area contributed by atoms with E-state index in [4.69, 9.17) is 10.2 Å². The molecule has 0 amide bonds. The van der Waals surface area contributed by atoms with Gasteiger partial charge in [0.15, 0.2) is 0 Å². The van der Waals surface area contributed by atoms with Crippen LogP contribution in [0.15, 0.2) is 84.9 Å². The number of phenols is 2. The number of aromatic hydroxyl groups is 2. The molecule has 0 bridgehead atoms. The summed E-state index contributed by atoms with van der Waals surface area (Å²) in [5.74, 6) is 0.432. The molecule has 5 rings (SSSR count). The van der Waals surface area contributed by atoms with E-state index < -0.39 is 0 Å². The normalized spacial score (nSPS) is 12.7. The van der Waals surface area contributed by atoms with Crippen molar-refractivity contribution in [2.45, 2.75) is 33.1 Å². The Balaban J connectivity index is 0.000000156. The summed E-state index contributed by atoms with van der Waals surface area (Å²) in [4.78, 5) is 0. The Morgan fingerprint density at radius 3 is 1.41 bits per heavy atom. The molecule has 0 spiro atoms. The van der Waals surface area contributed by atoms with Crippen molar-refractivity contribution in [3.05, 3.63) is 96.1 Å². The molecule has 4 aromatic carbocycles. The molecule has 0 radical (unpaired) electrons. The van der Waals surface area contributed by atoms with Gasteiger partial charge >= 0.3 is 0 Å². The van der Waals surface area contributed by atoms with Crippen LogP contribution in [0.4, 0.5) is 0 Å². The van der Waals surface area contributed by atoms with Crippen LogP contribution in [0.1, 0.15) is 38.8 Å². The minimum atomic E-state index is 0.160. The van der Waals surface area contributed by atoms with Crippen LogP contribution in [-0.4, -0.2) is 10.2 Å². The Kier molecular flexibility index (Phi) is 5.93. The van der Waals surface area contributed by atoms with Gasteiger partial charge in [-0.15, -0.1) is 0 Å². The van der Waals surface area contributed by atoms with Crippen LogP contribution in [0, 0.1) is 0 Å². The predicted molar refractivity (Wildman–Crippen MR) is 123 cm³/mol. The maximum absolute atomic E-state index is 9.14. The van der Waals surface area contributed by atoms with Gasteiger partial charge in [0.1, 0.15) is 11.5 Å². The summed E-state index contributed by atoms with van der Waals surface area (Å²) < 4.78 is 0.